The van der Waals surface area contributed by atoms with Gasteiger partial charge in [0.2, 0.25) is 5.95 Å². The molecule has 0 amide bonds. The molecule has 0 atom stereocenters. The number of imidazole rings is 1. The van der Waals surface area contributed by atoms with E-state index >= 15 is 0 Å². The van der Waals surface area contributed by atoms with E-state index in [1.54, 1.807) is 17.0 Å². The molecule has 0 aromatic carbocycles. The van der Waals surface area contributed by atoms with Gasteiger partial charge in [-0.1, -0.05) is 0 Å². The molecular formula is C6H10N6. The highest BCUT2D eigenvalue weighted by atomic mass is 15.4. The minimum absolute atomic E-state index is 0.395. The van der Waals surface area contributed by atoms with Crippen LogP contribution in [0.2, 0.25) is 0 Å². The van der Waals surface area contributed by atoms with Crippen LogP contribution in [0.25, 0.3) is 6.20 Å². The molecule has 6 nitrogen and oxygen atoms in total. The predicted molar refractivity (Wildman–Crippen MR) is 46.1 cm³/mol. The van der Waals surface area contributed by atoms with E-state index in [0.717, 1.165) is 5.69 Å². The van der Waals surface area contributed by atoms with E-state index in [-0.39, 0.29) is 0 Å². The molecule has 0 saturated carbocycles. The van der Waals surface area contributed by atoms with Gasteiger partial charge in [0.05, 0.1) is 12.2 Å². The number of anilines is 2. The smallest absolute Gasteiger partial charge is 0.206 e. The second kappa shape index (κ2) is 2.15. The lowest BCUT2D eigenvalue weighted by Gasteiger charge is -2.19. The maximum absolute atomic E-state index is 5.60. The van der Waals surface area contributed by atoms with Crippen molar-refractivity contribution >= 4 is 18.0 Å². The molecule has 0 fully saturated rings. The van der Waals surface area contributed by atoms with Crippen LogP contribution in [-0.4, -0.2) is 14.6 Å². The number of hydrogen-bond donors (Lipinski definition) is 3. The molecule has 0 spiro atoms. The number of rotatable bonds is 0. The van der Waals surface area contributed by atoms with Crippen molar-refractivity contribution in [1.29, 1.82) is 0 Å². The molecule has 2 heterocycles. The third-order valence-electron chi connectivity index (χ3n) is 1.81. The monoisotopic (exact) mass is 166 g/mol. The third-order valence-corrected chi connectivity index (χ3v) is 1.81. The Hall–Kier alpha value is -1.69. The van der Waals surface area contributed by atoms with Crippen molar-refractivity contribution in [3.63, 3.8) is 0 Å². The highest BCUT2D eigenvalue weighted by molar-refractivity contribution is 5.51. The number of aromatic nitrogens is 2. The van der Waals surface area contributed by atoms with Crippen molar-refractivity contribution in [2.75, 3.05) is 11.5 Å². The average molecular weight is 166 g/mol. The summed E-state index contributed by atoms with van der Waals surface area (Å²) >= 11 is 0. The SMILES string of the molecule is Nc1nc(N)n2c1CN(N)C=C2. The molecule has 12 heavy (non-hydrogen) atoms. The second-order valence-corrected chi connectivity index (χ2v) is 2.64. The molecule has 0 saturated heterocycles. The molecule has 2 rings (SSSR count). The molecule has 0 unspecified atom stereocenters. The Morgan fingerprint density at radius 2 is 2.08 bits per heavy atom. The van der Waals surface area contributed by atoms with Gasteiger partial charge in [0.1, 0.15) is 5.82 Å². The molecular weight excluding hydrogens is 156 g/mol. The molecule has 1 aromatic heterocycles. The van der Waals surface area contributed by atoms with Gasteiger partial charge in [-0.05, 0) is 0 Å². The van der Waals surface area contributed by atoms with E-state index < -0.39 is 0 Å². The molecule has 0 bridgehead atoms. The van der Waals surface area contributed by atoms with Crippen LogP contribution in [0.1, 0.15) is 5.69 Å². The maximum Gasteiger partial charge on any atom is 0.206 e. The number of nitrogens with two attached hydrogens (primary N) is 3. The second-order valence-electron chi connectivity index (χ2n) is 2.64. The summed E-state index contributed by atoms with van der Waals surface area (Å²) in [6, 6.07) is 0. The van der Waals surface area contributed by atoms with Crippen molar-refractivity contribution in [2.45, 2.75) is 6.54 Å². The Balaban J connectivity index is 2.55. The van der Waals surface area contributed by atoms with Crippen LogP contribution >= 0.6 is 0 Å². The van der Waals surface area contributed by atoms with Crippen molar-refractivity contribution in [3.8, 4) is 0 Å². The number of hydrogen-bond acceptors (Lipinski definition) is 5. The lowest BCUT2D eigenvalue weighted by molar-refractivity contribution is 0.373. The summed E-state index contributed by atoms with van der Waals surface area (Å²) in [4.78, 5) is 3.91. The Morgan fingerprint density at radius 3 is 2.83 bits per heavy atom. The van der Waals surface area contributed by atoms with Gasteiger partial charge in [-0.15, -0.1) is 0 Å². The Bertz CT molecular complexity index is 338. The van der Waals surface area contributed by atoms with Gasteiger partial charge in [0.25, 0.3) is 0 Å². The van der Waals surface area contributed by atoms with Crippen molar-refractivity contribution < 1.29 is 0 Å². The summed E-state index contributed by atoms with van der Waals surface area (Å²) in [5.41, 5.74) is 12.0. The van der Waals surface area contributed by atoms with Crippen LogP contribution in [0, 0.1) is 0 Å². The van der Waals surface area contributed by atoms with E-state index in [0.29, 0.717) is 18.3 Å². The fraction of sp³-hybridized carbons (Fsp3) is 0.167. The van der Waals surface area contributed by atoms with Gasteiger partial charge < -0.3 is 16.5 Å². The molecule has 0 aliphatic carbocycles. The number of nitrogens with zero attached hydrogens (tertiary/aromatic N) is 3. The highest BCUT2D eigenvalue weighted by Gasteiger charge is 2.15. The fourth-order valence-corrected chi connectivity index (χ4v) is 1.20. The Morgan fingerprint density at radius 1 is 1.33 bits per heavy atom. The van der Waals surface area contributed by atoms with Crippen molar-refractivity contribution in [3.05, 3.63) is 11.9 Å². The van der Waals surface area contributed by atoms with Crippen molar-refractivity contribution in [1.82, 2.24) is 14.6 Å². The van der Waals surface area contributed by atoms with E-state index in [1.165, 1.54) is 5.01 Å². The summed E-state index contributed by atoms with van der Waals surface area (Å²) in [6.07, 6.45) is 3.45. The zero-order chi connectivity index (χ0) is 8.72. The minimum Gasteiger partial charge on any atom is -0.382 e. The van der Waals surface area contributed by atoms with Crippen LogP contribution in [0.15, 0.2) is 6.20 Å². The largest absolute Gasteiger partial charge is 0.382 e. The van der Waals surface area contributed by atoms with E-state index in [4.69, 9.17) is 17.3 Å². The fourth-order valence-electron chi connectivity index (χ4n) is 1.20. The lowest BCUT2D eigenvalue weighted by Crippen LogP contribution is -2.28. The zero-order valence-corrected chi connectivity index (χ0v) is 6.44. The first-order valence-corrected chi connectivity index (χ1v) is 3.50. The van der Waals surface area contributed by atoms with Gasteiger partial charge in [0.15, 0.2) is 0 Å². The topological polar surface area (TPSA) is 99.1 Å². The summed E-state index contributed by atoms with van der Waals surface area (Å²) in [5.74, 6) is 6.37. The first-order chi connectivity index (χ1) is 5.68. The number of hydrazine groups is 1. The molecule has 6 N–H and O–H groups in total. The van der Waals surface area contributed by atoms with Crippen LogP contribution in [0.3, 0.4) is 0 Å². The number of nitrogen functional groups attached to an aromatic ring is 2. The van der Waals surface area contributed by atoms with Crippen LogP contribution < -0.4 is 17.3 Å². The first kappa shape index (κ1) is 6.99. The maximum atomic E-state index is 5.60. The van der Waals surface area contributed by atoms with Gasteiger partial charge in [-0.2, -0.15) is 4.98 Å². The first-order valence-electron chi connectivity index (χ1n) is 3.50. The minimum atomic E-state index is 0.395. The number of fused-ring (bicyclic) bond motifs is 1. The molecule has 6 heteroatoms. The summed E-state index contributed by atoms with van der Waals surface area (Å²) in [6.45, 7) is 0.534. The van der Waals surface area contributed by atoms with Crippen molar-refractivity contribution in [2.24, 2.45) is 5.84 Å². The average Bonchev–Trinajstić information content (AvgIpc) is 2.28. The summed E-state index contributed by atoms with van der Waals surface area (Å²) in [7, 11) is 0. The molecule has 1 aromatic rings. The van der Waals surface area contributed by atoms with Gasteiger partial charge in [-0.3, -0.25) is 4.57 Å². The normalized spacial score (nSPS) is 14.9. The molecule has 0 radical (unpaired) electrons. The Labute approximate surface area is 69.2 Å². The standard InChI is InChI=1S/C6H10N6/c7-5-4-3-11(9)1-2-12(4)6(8)10-5/h1-2H,3,7,9H2,(H2,8,10). The quantitative estimate of drug-likeness (QED) is 0.437. The van der Waals surface area contributed by atoms with E-state index in [2.05, 4.69) is 4.98 Å². The van der Waals surface area contributed by atoms with Gasteiger partial charge in [0, 0.05) is 12.4 Å². The summed E-state index contributed by atoms with van der Waals surface area (Å²) < 4.78 is 1.72. The Kier molecular flexibility index (Phi) is 1.25. The molecule has 1 aliphatic heterocycles. The predicted octanol–water partition coefficient (Wildman–Crippen LogP) is -0.835. The third kappa shape index (κ3) is 0.817. The van der Waals surface area contributed by atoms with Crippen LogP contribution in [0.4, 0.5) is 11.8 Å². The zero-order valence-electron chi connectivity index (χ0n) is 6.44. The molecule has 64 valence electrons. The summed E-state index contributed by atoms with van der Waals surface area (Å²) in [5, 5.41) is 1.52. The van der Waals surface area contributed by atoms with Gasteiger partial charge in [-0.25, -0.2) is 5.84 Å². The van der Waals surface area contributed by atoms with Gasteiger partial charge >= 0.3 is 0 Å². The lowest BCUT2D eigenvalue weighted by atomic mass is 10.4. The van der Waals surface area contributed by atoms with Crippen LogP contribution in [0.5, 0.6) is 0 Å². The van der Waals surface area contributed by atoms with Crippen LogP contribution in [-0.2, 0) is 6.54 Å². The van der Waals surface area contributed by atoms with E-state index in [1.807, 2.05) is 0 Å². The molecule has 1 aliphatic rings. The highest BCUT2D eigenvalue weighted by Crippen LogP contribution is 2.20. The van der Waals surface area contributed by atoms with E-state index in [9.17, 15) is 0 Å².